The summed E-state index contributed by atoms with van der Waals surface area (Å²) in [5, 5.41) is 13.6. The molecule has 3 nitrogen and oxygen atoms in total. The van der Waals surface area contributed by atoms with Crippen LogP contribution in [0.25, 0.3) is 0 Å². The number of nitrogens with one attached hydrogen (secondary N) is 1. The summed E-state index contributed by atoms with van der Waals surface area (Å²) in [5.74, 6) is 7.86. The summed E-state index contributed by atoms with van der Waals surface area (Å²) in [6.07, 6.45) is 0.984. The summed E-state index contributed by atoms with van der Waals surface area (Å²) in [6.45, 7) is 0.397. The van der Waals surface area contributed by atoms with E-state index in [2.05, 4.69) is 17.2 Å². The number of carbonyl (C=O) groups excluding carboxylic acids is 1. The van der Waals surface area contributed by atoms with E-state index >= 15 is 0 Å². The predicted molar refractivity (Wildman–Crippen MR) is 75.6 cm³/mol. The van der Waals surface area contributed by atoms with Crippen LogP contribution in [0.2, 0.25) is 0 Å². The van der Waals surface area contributed by atoms with Gasteiger partial charge in [0.05, 0.1) is 6.54 Å². The van der Waals surface area contributed by atoms with Gasteiger partial charge in [-0.2, -0.15) is 11.8 Å². The largest absolute Gasteiger partial charge is 0.384 e. The quantitative estimate of drug-likeness (QED) is 0.825. The van der Waals surface area contributed by atoms with Gasteiger partial charge in [-0.05, 0) is 23.6 Å². The summed E-state index contributed by atoms with van der Waals surface area (Å²) < 4.78 is 0. The second-order valence-electron chi connectivity index (χ2n) is 4.00. The van der Waals surface area contributed by atoms with E-state index in [0.29, 0.717) is 6.54 Å². The fourth-order valence-corrected chi connectivity index (χ4v) is 3.77. The van der Waals surface area contributed by atoms with Crippen molar-refractivity contribution in [1.29, 1.82) is 0 Å². The molecule has 0 aliphatic carbocycles. The number of aliphatic hydroxyl groups is 1. The van der Waals surface area contributed by atoms with Gasteiger partial charge in [0.25, 0.3) is 0 Å². The van der Waals surface area contributed by atoms with Crippen molar-refractivity contribution in [2.24, 2.45) is 5.92 Å². The maximum Gasteiger partial charge on any atom is 0.224 e. The van der Waals surface area contributed by atoms with Crippen LogP contribution in [0, 0.1) is 17.8 Å². The van der Waals surface area contributed by atoms with Gasteiger partial charge < -0.3 is 10.4 Å². The molecule has 0 aromatic carbocycles. The Morgan fingerprint density at radius 3 is 3.22 bits per heavy atom. The highest BCUT2D eigenvalue weighted by Crippen LogP contribution is 2.23. The molecule has 1 amide bonds. The van der Waals surface area contributed by atoms with Crippen molar-refractivity contribution in [2.45, 2.75) is 13.0 Å². The van der Waals surface area contributed by atoms with Gasteiger partial charge in [0, 0.05) is 22.1 Å². The van der Waals surface area contributed by atoms with Crippen LogP contribution in [0.15, 0.2) is 11.4 Å². The molecule has 2 heterocycles. The fourth-order valence-electron chi connectivity index (χ4n) is 1.78. The van der Waals surface area contributed by atoms with Crippen molar-refractivity contribution < 1.29 is 9.90 Å². The summed E-state index contributed by atoms with van der Waals surface area (Å²) in [5.41, 5.74) is 0.898. The highest BCUT2D eigenvalue weighted by Gasteiger charge is 2.22. The first-order valence-corrected chi connectivity index (χ1v) is 7.86. The number of hydrogen-bond donors (Lipinski definition) is 2. The van der Waals surface area contributed by atoms with Crippen LogP contribution >= 0.6 is 23.1 Å². The molecule has 96 valence electrons. The van der Waals surface area contributed by atoms with Crippen LogP contribution in [-0.4, -0.2) is 29.1 Å². The Morgan fingerprint density at radius 2 is 2.50 bits per heavy atom. The average molecular weight is 281 g/mol. The molecule has 1 unspecified atom stereocenters. The smallest absolute Gasteiger partial charge is 0.224 e. The van der Waals surface area contributed by atoms with Crippen LogP contribution in [-0.2, 0) is 11.3 Å². The zero-order valence-corrected chi connectivity index (χ0v) is 11.6. The van der Waals surface area contributed by atoms with E-state index in [4.69, 9.17) is 5.11 Å². The van der Waals surface area contributed by atoms with Gasteiger partial charge in [-0.1, -0.05) is 11.8 Å². The minimum absolute atomic E-state index is 0.138. The van der Waals surface area contributed by atoms with Crippen molar-refractivity contribution in [2.75, 3.05) is 18.1 Å². The van der Waals surface area contributed by atoms with Gasteiger partial charge in [-0.15, -0.1) is 11.3 Å². The fraction of sp³-hybridized carbons (Fsp3) is 0.462. The maximum atomic E-state index is 11.9. The number of thioether (sulfide) groups is 1. The Morgan fingerprint density at radius 1 is 1.61 bits per heavy atom. The highest BCUT2D eigenvalue weighted by molar-refractivity contribution is 7.99. The van der Waals surface area contributed by atoms with Crippen LogP contribution in [0.4, 0.5) is 0 Å². The Kier molecular flexibility index (Phi) is 5.12. The number of hydrogen-bond acceptors (Lipinski definition) is 4. The maximum absolute atomic E-state index is 11.9. The zero-order valence-electron chi connectivity index (χ0n) is 9.94. The highest BCUT2D eigenvalue weighted by atomic mass is 32.2. The standard InChI is InChI=1S/C13H15NO2S2/c15-5-1-2-10-4-7-18-12(10)8-14-13(16)11-3-6-17-9-11/h4,7,11,15H,3,5-6,8-9H2,(H,14,16). The summed E-state index contributed by atoms with van der Waals surface area (Å²) in [4.78, 5) is 12.9. The number of carbonyl (C=O) groups is 1. The Bertz CT molecular complexity index is 467. The monoisotopic (exact) mass is 281 g/mol. The third-order valence-electron chi connectivity index (χ3n) is 2.77. The van der Waals surface area contributed by atoms with E-state index in [-0.39, 0.29) is 18.4 Å². The van der Waals surface area contributed by atoms with Crippen molar-refractivity contribution in [1.82, 2.24) is 5.32 Å². The molecule has 0 spiro atoms. The van der Waals surface area contributed by atoms with E-state index in [9.17, 15) is 4.79 Å². The minimum atomic E-state index is -0.138. The normalized spacial score (nSPS) is 18.2. The Balaban J connectivity index is 1.89. The third-order valence-corrected chi connectivity index (χ3v) is 4.85. The average Bonchev–Trinajstić information content (AvgIpc) is 3.04. The molecule has 5 heteroatoms. The molecule has 1 aliphatic rings. The first-order chi connectivity index (χ1) is 8.81. The molecule has 1 aliphatic heterocycles. The van der Waals surface area contributed by atoms with Crippen LogP contribution in [0.5, 0.6) is 0 Å². The second kappa shape index (κ2) is 6.83. The molecule has 1 saturated heterocycles. The SMILES string of the molecule is O=C(NCc1sccc1C#CCO)C1CCSC1. The van der Waals surface area contributed by atoms with Gasteiger partial charge in [-0.3, -0.25) is 4.79 Å². The van der Waals surface area contributed by atoms with Crippen molar-refractivity contribution in [3.05, 3.63) is 21.9 Å². The Hall–Kier alpha value is -0.960. The summed E-state index contributed by atoms with van der Waals surface area (Å²) in [7, 11) is 0. The lowest BCUT2D eigenvalue weighted by Gasteiger charge is -2.09. The van der Waals surface area contributed by atoms with Gasteiger partial charge in [0.2, 0.25) is 5.91 Å². The molecule has 1 aromatic heterocycles. The van der Waals surface area contributed by atoms with Crippen LogP contribution < -0.4 is 5.32 Å². The number of amides is 1. The van der Waals surface area contributed by atoms with Crippen molar-refractivity contribution >= 4 is 29.0 Å². The molecule has 18 heavy (non-hydrogen) atoms. The van der Waals surface area contributed by atoms with Crippen LogP contribution in [0.3, 0.4) is 0 Å². The molecular weight excluding hydrogens is 266 g/mol. The van der Waals surface area contributed by atoms with E-state index in [1.807, 2.05) is 23.2 Å². The lowest BCUT2D eigenvalue weighted by atomic mass is 10.1. The van der Waals surface area contributed by atoms with Crippen molar-refractivity contribution in [3.63, 3.8) is 0 Å². The molecule has 0 bridgehead atoms. The molecule has 0 radical (unpaired) electrons. The number of aliphatic hydroxyl groups excluding tert-OH is 1. The topological polar surface area (TPSA) is 49.3 Å². The molecule has 1 atom stereocenters. The third kappa shape index (κ3) is 3.52. The van der Waals surface area contributed by atoms with E-state index in [1.165, 1.54) is 0 Å². The van der Waals surface area contributed by atoms with E-state index in [1.54, 1.807) is 11.3 Å². The summed E-state index contributed by atoms with van der Waals surface area (Å²) in [6, 6.07) is 1.92. The molecule has 2 rings (SSSR count). The molecule has 1 aromatic rings. The van der Waals surface area contributed by atoms with Gasteiger partial charge in [-0.25, -0.2) is 0 Å². The second-order valence-corrected chi connectivity index (χ2v) is 6.15. The molecule has 0 saturated carbocycles. The van der Waals surface area contributed by atoms with Gasteiger partial charge in [0.15, 0.2) is 0 Å². The molecular formula is C13H15NO2S2. The summed E-state index contributed by atoms with van der Waals surface area (Å²) >= 11 is 3.42. The first kappa shape index (κ1) is 13.5. The number of rotatable bonds is 3. The van der Waals surface area contributed by atoms with Crippen molar-refractivity contribution in [3.8, 4) is 11.8 Å². The Labute approximate surface area is 115 Å². The minimum Gasteiger partial charge on any atom is -0.384 e. The molecule has 1 fully saturated rings. The molecule has 2 N–H and O–H groups in total. The lowest BCUT2D eigenvalue weighted by Crippen LogP contribution is -2.30. The van der Waals surface area contributed by atoms with Gasteiger partial charge >= 0.3 is 0 Å². The number of thiophene rings is 1. The first-order valence-electron chi connectivity index (χ1n) is 5.83. The lowest BCUT2D eigenvalue weighted by molar-refractivity contribution is -0.124. The van der Waals surface area contributed by atoms with E-state index < -0.39 is 0 Å². The zero-order chi connectivity index (χ0) is 12.8. The predicted octanol–water partition coefficient (Wildman–Crippen LogP) is 1.46. The van der Waals surface area contributed by atoms with Crippen LogP contribution in [0.1, 0.15) is 16.9 Å². The van der Waals surface area contributed by atoms with Gasteiger partial charge in [0.1, 0.15) is 6.61 Å². The van der Waals surface area contributed by atoms with E-state index in [0.717, 1.165) is 28.4 Å².